The number of aliphatic hydroxyl groups is 1. The van der Waals surface area contributed by atoms with Crippen LogP contribution in [0, 0.1) is 0 Å². The molecule has 0 aliphatic heterocycles. The van der Waals surface area contributed by atoms with E-state index in [0.29, 0.717) is 31.0 Å². The van der Waals surface area contributed by atoms with E-state index in [1.807, 2.05) is 11.6 Å². The van der Waals surface area contributed by atoms with Gasteiger partial charge in [0.05, 0.1) is 36.2 Å². The number of imidazole rings is 1. The number of ether oxygens (including phenoxy) is 1. The zero-order chi connectivity index (χ0) is 18.6. The number of nitrogens with two attached hydrogens (primary N) is 1. The lowest BCUT2D eigenvalue weighted by molar-refractivity contribution is 0.0630. The first-order valence-corrected chi connectivity index (χ1v) is 8.59. The molecule has 0 fully saturated rings. The molecule has 0 saturated carbocycles. The molecule has 0 saturated heterocycles. The highest BCUT2D eigenvalue weighted by Crippen LogP contribution is 2.32. The van der Waals surface area contributed by atoms with Crippen molar-refractivity contribution in [3.8, 4) is 0 Å². The molecule has 0 aromatic carbocycles. The third-order valence-electron chi connectivity index (χ3n) is 3.85. The molecule has 0 spiro atoms. The van der Waals surface area contributed by atoms with Gasteiger partial charge in [-0.3, -0.25) is 0 Å². The van der Waals surface area contributed by atoms with Crippen LogP contribution in [-0.4, -0.2) is 59.1 Å². The first-order chi connectivity index (χ1) is 11.8. The van der Waals surface area contributed by atoms with Crippen LogP contribution >= 0.6 is 0 Å². The summed E-state index contributed by atoms with van der Waals surface area (Å²) in [7, 11) is 3.65. The second-order valence-electron chi connectivity index (χ2n) is 6.91. The SMILES string of the molecule is CCCN(C)c1nc2c(N)ncc(NCCOC)c2n1CC(C)(C)O. The van der Waals surface area contributed by atoms with E-state index in [1.165, 1.54) is 0 Å². The molecular formula is C17H30N6O2. The number of nitrogens with zero attached hydrogens (tertiary/aromatic N) is 4. The Balaban J connectivity index is 2.61. The van der Waals surface area contributed by atoms with E-state index in [4.69, 9.17) is 15.5 Å². The quantitative estimate of drug-likeness (QED) is 0.592. The van der Waals surface area contributed by atoms with Crippen LogP contribution in [0.4, 0.5) is 17.5 Å². The second-order valence-corrected chi connectivity index (χ2v) is 6.91. The van der Waals surface area contributed by atoms with Crippen LogP contribution in [0.2, 0.25) is 0 Å². The first-order valence-electron chi connectivity index (χ1n) is 8.59. The number of methoxy groups -OCH3 is 1. The van der Waals surface area contributed by atoms with Crippen LogP contribution in [0.25, 0.3) is 11.0 Å². The summed E-state index contributed by atoms with van der Waals surface area (Å²) in [4.78, 5) is 11.1. The largest absolute Gasteiger partial charge is 0.389 e. The fourth-order valence-corrected chi connectivity index (χ4v) is 2.83. The van der Waals surface area contributed by atoms with Gasteiger partial charge in [0.25, 0.3) is 0 Å². The number of fused-ring (bicyclic) bond motifs is 1. The normalized spacial score (nSPS) is 11.9. The molecule has 0 unspecified atom stereocenters. The third kappa shape index (κ3) is 4.52. The first kappa shape index (κ1) is 19.3. The van der Waals surface area contributed by atoms with E-state index in [9.17, 15) is 5.11 Å². The number of rotatable bonds is 9. The summed E-state index contributed by atoms with van der Waals surface area (Å²) < 4.78 is 7.12. The monoisotopic (exact) mass is 350 g/mol. The van der Waals surface area contributed by atoms with Gasteiger partial charge in [0, 0.05) is 27.2 Å². The van der Waals surface area contributed by atoms with E-state index in [2.05, 4.69) is 22.1 Å². The van der Waals surface area contributed by atoms with Gasteiger partial charge in [-0.1, -0.05) is 6.92 Å². The summed E-state index contributed by atoms with van der Waals surface area (Å²) in [6.45, 7) is 8.16. The predicted molar refractivity (Wildman–Crippen MR) is 102 cm³/mol. The van der Waals surface area contributed by atoms with Gasteiger partial charge >= 0.3 is 0 Å². The van der Waals surface area contributed by atoms with E-state index < -0.39 is 5.60 Å². The van der Waals surface area contributed by atoms with Gasteiger partial charge in [0.1, 0.15) is 5.52 Å². The van der Waals surface area contributed by atoms with Gasteiger partial charge in [-0.25, -0.2) is 9.97 Å². The molecule has 0 bridgehead atoms. The van der Waals surface area contributed by atoms with Crippen molar-refractivity contribution in [3.63, 3.8) is 0 Å². The number of nitrogen functional groups attached to an aromatic ring is 1. The minimum atomic E-state index is -0.892. The van der Waals surface area contributed by atoms with Gasteiger partial charge < -0.3 is 30.4 Å². The molecule has 2 rings (SSSR count). The maximum absolute atomic E-state index is 10.4. The molecular weight excluding hydrogens is 320 g/mol. The fourth-order valence-electron chi connectivity index (χ4n) is 2.83. The maximum Gasteiger partial charge on any atom is 0.206 e. The number of aromatic nitrogens is 3. The molecule has 8 heteroatoms. The minimum absolute atomic E-state index is 0.382. The minimum Gasteiger partial charge on any atom is -0.389 e. The van der Waals surface area contributed by atoms with Crippen molar-refractivity contribution in [2.24, 2.45) is 0 Å². The Hall–Kier alpha value is -2.06. The maximum atomic E-state index is 10.4. The summed E-state index contributed by atoms with van der Waals surface area (Å²) in [5.41, 5.74) is 7.51. The van der Waals surface area contributed by atoms with E-state index >= 15 is 0 Å². The fraction of sp³-hybridized carbons (Fsp3) is 0.647. The average molecular weight is 350 g/mol. The molecule has 2 heterocycles. The summed E-state index contributed by atoms with van der Waals surface area (Å²) >= 11 is 0. The molecule has 2 aromatic heterocycles. The van der Waals surface area contributed by atoms with Crippen molar-refractivity contribution < 1.29 is 9.84 Å². The Morgan fingerprint density at radius 1 is 1.44 bits per heavy atom. The zero-order valence-corrected chi connectivity index (χ0v) is 15.8. The van der Waals surface area contributed by atoms with Crippen molar-refractivity contribution in [2.75, 3.05) is 49.8 Å². The van der Waals surface area contributed by atoms with Crippen LogP contribution in [0.15, 0.2) is 6.20 Å². The van der Waals surface area contributed by atoms with Gasteiger partial charge in [0.2, 0.25) is 5.95 Å². The Kier molecular flexibility index (Phi) is 6.07. The average Bonchev–Trinajstić information content (AvgIpc) is 2.89. The van der Waals surface area contributed by atoms with Crippen LogP contribution in [-0.2, 0) is 11.3 Å². The number of hydrogen-bond donors (Lipinski definition) is 3. The lowest BCUT2D eigenvalue weighted by atomic mass is 10.1. The molecule has 0 atom stereocenters. The lowest BCUT2D eigenvalue weighted by Gasteiger charge is -2.24. The molecule has 25 heavy (non-hydrogen) atoms. The molecule has 4 N–H and O–H groups in total. The molecule has 140 valence electrons. The van der Waals surface area contributed by atoms with E-state index in [1.54, 1.807) is 27.2 Å². The Bertz CT molecular complexity index is 707. The van der Waals surface area contributed by atoms with Crippen molar-refractivity contribution in [1.29, 1.82) is 0 Å². The summed E-state index contributed by atoms with van der Waals surface area (Å²) in [6.07, 6.45) is 2.70. The number of hydrogen-bond acceptors (Lipinski definition) is 7. The highest BCUT2D eigenvalue weighted by Gasteiger charge is 2.24. The molecule has 0 aliphatic carbocycles. The number of nitrogens with one attached hydrogen (secondary N) is 1. The highest BCUT2D eigenvalue weighted by molar-refractivity contribution is 5.96. The Morgan fingerprint density at radius 3 is 2.76 bits per heavy atom. The van der Waals surface area contributed by atoms with Gasteiger partial charge in [0.15, 0.2) is 5.82 Å². The van der Waals surface area contributed by atoms with Gasteiger partial charge in [-0.15, -0.1) is 0 Å². The Labute approximate surface area is 149 Å². The topological polar surface area (TPSA) is 101 Å². The molecule has 8 nitrogen and oxygen atoms in total. The van der Waals surface area contributed by atoms with Crippen LogP contribution in [0.3, 0.4) is 0 Å². The van der Waals surface area contributed by atoms with E-state index in [0.717, 1.165) is 30.1 Å². The third-order valence-corrected chi connectivity index (χ3v) is 3.85. The standard InChI is InChI=1S/C17H30N6O2/c1-6-8-22(4)16-21-13-14(23(16)11-17(2,3)24)12(10-20-15(13)18)19-7-9-25-5/h10,19,24H,6-9,11H2,1-5H3,(H2,18,20). The predicted octanol–water partition coefficient (Wildman–Crippen LogP) is 1.69. The number of pyridine rings is 1. The van der Waals surface area contributed by atoms with E-state index in [-0.39, 0.29) is 0 Å². The summed E-state index contributed by atoms with van der Waals surface area (Å²) in [6, 6.07) is 0. The van der Waals surface area contributed by atoms with Crippen molar-refractivity contribution in [2.45, 2.75) is 39.3 Å². The molecule has 2 aromatic rings. The summed E-state index contributed by atoms with van der Waals surface area (Å²) in [5.74, 6) is 1.15. The second kappa shape index (κ2) is 7.88. The van der Waals surface area contributed by atoms with Crippen molar-refractivity contribution >= 4 is 28.5 Å². The van der Waals surface area contributed by atoms with Crippen molar-refractivity contribution in [3.05, 3.63) is 6.20 Å². The van der Waals surface area contributed by atoms with Crippen LogP contribution < -0.4 is 16.0 Å². The molecule has 0 amide bonds. The van der Waals surface area contributed by atoms with Gasteiger partial charge in [-0.2, -0.15) is 0 Å². The van der Waals surface area contributed by atoms with Gasteiger partial charge in [-0.05, 0) is 20.3 Å². The highest BCUT2D eigenvalue weighted by atomic mass is 16.5. The van der Waals surface area contributed by atoms with Crippen LogP contribution in [0.5, 0.6) is 0 Å². The van der Waals surface area contributed by atoms with Crippen molar-refractivity contribution in [1.82, 2.24) is 14.5 Å². The smallest absolute Gasteiger partial charge is 0.206 e. The lowest BCUT2D eigenvalue weighted by Crippen LogP contribution is -2.30. The summed E-state index contributed by atoms with van der Waals surface area (Å²) in [5, 5.41) is 13.7. The molecule has 0 aliphatic rings. The zero-order valence-electron chi connectivity index (χ0n) is 15.8. The Morgan fingerprint density at radius 2 is 2.16 bits per heavy atom. The number of anilines is 3. The molecule has 0 radical (unpaired) electrons. The van der Waals surface area contributed by atoms with Crippen LogP contribution in [0.1, 0.15) is 27.2 Å².